The number of piperidine rings is 1. The molecule has 1 amide bonds. The van der Waals surface area contributed by atoms with E-state index >= 15 is 0 Å². The molecule has 1 aromatic carbocycles. The van der Waals surface area contributed by atoms with E-state index in [4.69, 9.17) is 9.72 Å². The molecule has 3 aliphatic heterocycles. The fourth-order valence-electron chi connectivity index (χ4n) is 5.93. The highest BCUT2D eigenvalue weighted by Crippen LogP contribution is 2.45. The van der Waals surface area contributed by atoms with Crippen molar-refractivity contribution < 1.29 is 27.4 Å². The topological polar surface area (TPSA) is 80.3 Å². The fourth-order valence-corrected chi connectivity index (χ4v) is 5.93. The lowest BCUT2D eigenvalue weighted by atomic mass is 9.71. The van der Waals surface area contributed by atoms with Crippen molar-refractivity contribution in [3.8, 4) is 5.75 Å². The molecule has 1 aliphatic carbocycles. The summed E-state index contributed by atoms with van der Waals surface area (Å²) in [6.45, 7) is 1.83. The maximum absolute atomic E-state index is 12.9. The number of imidazole rings is 1. The number of nitrogens with zero attached hydrogens (tertiary/aromatic N) is 3. The fraction of sp³-hybridized carbons (Fsp3) is 0.500. The first-order valence-electron chi connectivity index (χ1n) is 12.4. The van der Waals surface area contributed by atoms with Crippen molar-refractivity contribution in [1.29, 1.82) is 0 Å². The average molecular weight is 501 g/mol. The van der Waals surface area contributed by atoms with Gasteiger partial charge in [-0.2, -0.15) is 0 Å². The van der Waals surface area contributed by atoms with Gasteiger partial charge in [-0.1, -0.05) is 0 Å². The number of carbonyl (C=O) groups is 1. The predicted molar refractivity (Wildman–Crippen MR) is 125 cm³/mol. The predicted octanol–water partition coefficient (Wildman–Crippen LogP) is 5.09. The SMILES string of the molecule is O=C(c1ccc(OC(F)(F)F)cc1)N1CCC(c2ccnc3nc(C45CCC(CC4)OC5)[nH]c23)CC1. The van der Waals surface area contributed by atoms with Gasteiger partial charge in [0.05, 0.1) is 23.6 Å². The Kier molecular flexibility index (Phi) is 5.66. The number of hydrogen-bond donors (Lipinski definition) is 1. The molecule has 4 fully saturated rings. The van der Waals surface area contributed by atoms with Crippen molar-refractivity contribution in [2.75, 3.05) is 19.7 Å². The van der Waals surface area contributed by atoms with E-state index in [1.165, 1.54) is 29.8 Å². The van der Waals surface area contributed by atoms with Crippen LogP contribution >= 0.6 is 0 Å². The molecule has 0 unspecified atom stereocenters. The van der Waals surface area contributed by atoms with Crippen LogP contribution in [0, 0.1) is 0 Å². The van der Waals surface area contributed by atoms with Crippen LogP contribution in [0.4, 0.5) is 13.2 Å². The molecule has 2 bridgehead atoms. The third-order valence-corrected chi connectivity index (χ3v) is 7.97. The van der Waals surface area contributed by atoms with Crippen molar-refractivity contribution in [2.24, 2.45) is 0 Å². The number of carbonyl (C=O) groups excluding carboxylic acids is 1. The Bertz CT molecular complexity index is 1240. The summed E-state index contributed by atoms with van der Waals surface area (Å²) >= 11 is 0. The Balaban J connectivity index is 1.15. The molecule has 3 aromatic rings. The van der Waals surface area contributed by atoms with Gasteiger partial charge in [-0.25, -0.2) is 9.97 Å². The van der Waals surface area contributed by atoms with Gasteiger partial charge in [0.2, 0.25) is 0 Å². The number of alkyl halides is 3. The molecule has 10 heteroatoms. The molecule has 0 radical (unpaired) electrons. The van der Waals surface area contributed by atoms with E-state index in [9.17, 15) is 18.0 Å². The maximum atomic E-state index is 12.9. The summed E-state index contributed by atoms with van der Waals surface area (Å²) in [5.41, 5.74) is 3.16. The second kappa shape index (κ2) is 8.76. The van der Waals surface area contributed by atoms with E-state index in [-0.39, 0.29) is 23.0 Å². The number of pyridine rings is 1. The standard InChI is InChI=1S/C26H27F3N4O3/c27-26(28,29)36-19-3-1-17(2-4-19)23(34)33-13-8-16(9-14-33)20-7-12-30-22-21(20)31-24(32-22)25-10-5-18(6-11-25)35-15-25/h1-4,7,12,16,18H,5-6,8-11,13-15H2,(H,30,31,32). The Morgan fingerprint density at radius 2 is 1.81 bits per heavy atom. The molecule has 36 heavy (non-hydrogen) atoms. The Labute approximate surface area is 206 Å². The number of H-pyrrole nitrogens is 1. The summed E-state index contributed by atoms with van der Waals surface area (Å²) in [6.07, 6.45) is 3.30. The molecule has 1 saturated carbocycles. The van der Waals surface area contributed by atoms with E-state index in [0.29, 0.717) is 31.4 Å². The minimum Gasteiger partial charge on any atom is -0.406 e. The van der Waals surface area contributed by atoms with Gasteiger partial charge in [-0.15, -0.1) is 13.2 Å². The molecule has 5 heterocycles. The third kappa shape index (κ3) is 4.31. The van der Waals surface area contributed by atoms with Crippen LogP contribution in [0.3, 0.4) is 0 Å². The summed E-state index contributed by atoms with van der Waals surface area (Å²) in [4.78, 5) is 27.7. The van der Waals surface area contributed by atoms with Crippen LogP contribution in [0.15, 0.2) is 36.5 Å². The van der Waals surface area contributed by atoms with Crippen LogP contribution < -0.4 is 4.74 Å². The van der Waals surface area contributed by atoms with E-state index in [0.717, 1.165) is 55.5 Å². The molecule has 3 saturated heterocycles. The Morgan fingerprint density at radius 3 is 2.44 bits per heavy atom. The summed E-state index contributed by atoms with van der Waals surface area (Å²) in [5.74, 6) is 0.695. The smallest absolute Gasteiger partial charge is 0.406 e. The van der Waals surface area contributed by atoms with Crippen LogP contribution in [0.2, 0.25) is 0 Å². The van der Waals surface area contributed by atoms with Crippen LogP contribution in [-0.2, 0) is 10.2 Å². The quantitative estimate of drug-likeness (QED) is 0.540. The number of aromatic amines is 1. The number of likely N-dealkylation sites (tertiary alicyclic amines) is 1. The van der Waals surface area contributed by atoms with E-state index < -0.39 is 6.36 Å². The molecular formula is C26H27F3N4O3. The van der Waals surface area contributed by atoms with E-state index in [2.05, 4.69) is 14.7 Å². The number of halogens is 3. The summed E-state index contributed by atoms with van der Waals surface area (Å²) in [7, 11) is 0. The number of ether oxygens (including phenoxy) is 2. The Morgan fingerprint density at radius 1 is 1.08 bits per heavy atom. The Hall–Kier alpha value is -3.14. The summed E-state index contributed by atoms with van der Waals surface area (Å²) < 4.78 is 47.1. The van der Waals surface area contributed by atoms with Gasteiger partial charge in [0.25, 0.3) is 5.91 Å². The van der Waals surface area contributed by atoms with Crippen molar-refractivity contribution in [3.63, 3.8) is 0 Å². The first-order chi connectivity index (χ1) is 17.3. The highest BCUT2D eigenvalue weighted by molar-refractivity contribution is 5.94. The van der Waals surface area contributed by atoms with Crippen molar-refractivity contribution >= 4 is 17.1 Å². The van der Waals surface area contributed by atoms with Gasteiger partial charge < -0.3 is 19.4 Å². The third-order valence-electron chi connectivity index (χ3n) is 7.97. The second-order valence-electron chi connectivity index (χ2n) is 10.1. The van der Waals surface area contributed by atoms with E-state index in [1.54, 1.807) is 11.1 Å². The highest BCUT2D eigenvalue weighted by Gasteiger charge is 2.45. The second-order valence-corrected chi connectivity index (χ2v) is 10.1. The van der Waals surface area contributed by atoms with Gasteiger partial charge in [-0.05, 0) is 80.3 Å². The molecule has 7 rings (SSSR count). The number of fused-ring (bicyclic) bond motifs is 4. The van der Waals surface area contributed by atoms with Crippen molar-refractivity contribution in [2.45, 2.75) is 62.3 Å². The van der Waals surface area contributed by atoms with Crippen LogP contribution in [0.5, 0.6) is 5.75 Å². The molecule has 7 nitrogen and oxygen atoms in total. The maximum Gasteiger partial charge on any atom is 0.573 e. The minimum absolute atomic E-state index is 0.0524. The van der Waals surface area contributed by atoms with Crippen molar-refractivity contribution in [1.82, 2.24) is 19.9 Å². The number of amides is 1. The number of benzene rings is 1. The van der Waals surface area contributed by atoms with E-state index in [1.807, 2.05) is 6.07 Å². The van der Waals surface area contributed by atoms with Crippen LogP contribution in [0.25, 0.3) is 11.2 Å². The lowest BCUT2D eigenvalue weighted by molar-refractivity contribution is -0.274. The number of rotatable bonds is 4. The zero-order valence-electron chi connectivity index (χ0n) is 19.7. The molecule has 4 aliphatic rings. The molecule has 190 valence electrons. The molecule has 0 spiro atoms. The average Bonchev–Trinajstić information content (AvgIpc) is 3.35. The number of hydrogen-bond acceptors (Lipinski definition) is 5. The van der Waals surface area contributed by atoms with Gasteiger partial charge >= 0.3 is 6.36 Å². The molecule has 0 atom stereocenters. The van der Waals surface area contributed by atoms with Crippen LogP contribution in [-0.4, -0.2) is 57.9 Å². The normalized spacial score (nSPS) is 24.9. The van der Waals surface area contributed by atoms with Gasteiger partial charge in [0, 0.05) is 24.8 Å². The van der Waals surface area contributed by atoms with Gasteiger partial charge in [-0.3, -0.25) is 4.79 Å². The summed E-state index contributed by atoms with van der Waals surface area (Å²) in [6, 6.07) is 7.12. The number of nitrogens with one attached hydrogen (secondary N) is 1. The zero-order chi connectivity index (χ0) is 24.9. The zero-order valence-corrected chi connectivity index (χ0v) is 19.7. The highest BCUT2D eigenvalue weighted by atomic mass is 19.4. The van der Waals surface area contributed by atoms with Gasteiger partial charge in [0.1, 0.15) is 11.6 Å². The lowest BCUT2D eigenvalue weighted by Gasteiger charge is -2.44. The molecule has 2 aromatic heterocycles. The van der Waals surface area contributed by atoms with Crippen LogP contribution in [0.1, 0.15) is 66.2 Å². The first-order valence-corrected chi connectivity index (χ1v) is 12.4. The number of aromatic nitrogens is 3. The van der Waals surface area contributed by atoms with Gasteiger partial charge in [0.15, 0.2) is 5.65 Å². The largest absolute Gasteiger partial charge is 0.573 e. The molecule has 1 N–H and O–H groups in total. The minimum atomic E-state index is -4.76. The lowest BCUT2D eigenvalue weighted by Crippen LogP contribution is -2.46. The van der Waals surface area contributed by atoms with Crippen molar-refractivity contribution in [3.05, 3.63) is 53.5 Å². The first kappa shape index (κ1) is 23.3. The monoisotopic (exact) mass is 500 g/mol. The summed E-state index contributed by atoms with van der Waals surface area (Å²) in [5, 5.41) is 0. The molecular weight excluding hydrogens is 473 g/mol.